The van der Waals surface area contributed by atoms with Gasteiger partial charge in [-0.25, -0.2) is 29.0 Å². The number of nitrogens with zero attached hydrogens (tertiary/aromatic N) is 6. The number of ether oxygens (including phenoxy) is 3. The first-order valence-electron chi connectivity index (χ1n) is 29.0. The third kappa shape index (κ3) is 14.1. The van der Waals surface area contributed by atoms with Gasteiger partial charge in [0.1, 0.15) is 16.8 Å². The van der Waals surface area contributed by atoms with Gasteiger partial charge in [-0.15, -0.1) is 0 Å². The molecule has 4 amide bonds. The molecule has 82 heavy (non-hydrogen) atoms. The molecule has 2 saturated heterocycles. The van der Waals surface area contributed by atoms with Crippen molar-refractivity contribution in [3.63, 3.8) is 0 Å². The summed E-state index contributed by atoms with van der Waals surface area (Å²) in [5.41, 5.74) is 6.56. The molecule has 0 aliphatic carbocycles. The quantitative estimate of drug-likeness (QED) is 0.156. The lowest BCUT2D eigenvalue weighted by Crippen LogP contribution is -2.49. The van der Waals surface area contributed by atoms with E-state index in [-0.39, 0.29) is 17.6 Å². The maximum atomic E-state index is 13.7. The first-order valence-corrected chi connectivity index (χ1v) is 29.0. The standard InChI is InChI=1S/2C33H47N3O5/c1-30(2,3)40-28(37)35-17-15-34(16-18-35)21-22-11-14-26-25(19-22)32(7,8)24-13-12-23(33(9,10)39)20-27(24)36(26)29(38)41-31(4,5)6;1-30(2,3)26-21(20-34-15-17-35(18-16-34)29(39)41-31(4,5)6)11-14-24-27(26)32(7,8)23-13-12-22(33(9,10)40)19-25(23)36(24)28(37)38/h11-14,19-20,39H,15-18,21H2,1-10H3;11-14,19,40H,15-18,20H2,1-10H3,(H,37,38). The van der Waals surface area contributed by atoms with Crippen molar-refractivity contribution in [3.8, 4) is 0 Å². The Bertz CT molecular complexity index is 3050. The number of amides is 4. The van der Waals surface area contributed by atoms with Gasteiger partial charge in [0.15, 0.2) is 0 Å². The Labute approximate surface area is 488 Å². The molecule has 4 aliphatic heterocycles. The van der Waals surface area contributed by atoms with Gasteiger partial charge in [0.25, 0.3) is 0 Å². The summed E-state index contributed by atoms with van der Waals surface area (Å²) < 4.78 is 17.0. The summed E-state index contributed by atoms with van der Waals surface area (Å²) in [5, 5.41) is 31.9. The highest BCUT2D eigenvalue weighted by atomic mass is 16.6. The van der Waals surface area contributed by atoms with Gasteiger partial charge in [-0.2, -0.15) is 0 Å². The van der Waals surface area contributed by atoms with Crippen LogP contribution in [0.15, 0.2) is 66.7 Å². The van der Waals surface area contributed by atoms with Gasteiger partial charge in [-0.3, -0.25) is 9.80 Å². The summed E-state index contributed by atoms with van der Waals surface area (Å²) in [6.45, 7) is 45.8. The summed E-state index contributed by atoms with van der Waals surface area (Å²) in [5.74, 6) is 0. The molecule has 0 spiro atoms. The SMILES string of the molecule is CC(C)(C)OC(=O)N1CCN(Cc2ccc3c(c2)C(C)(C)c2ccc(C(C)(C)O)cc2N3C(=O)OC(C)(C)C)CC1.CC(C)(C)OC(=O)N1CCN(Cc2ccc3c(c2C(C)(C)C)C(C)(C)c2ccc(C(C)(C)O)cc2N3C(=O)O)CC1. The van der Waals surface area contributed by atoms with Crippen molar-refractivity contribution in [3.05, 3.63) is 117 Å². The zero-order valence-corrected chi connectivity index (χ0v) is 52.8. The van der Waals surface area contributed by atoms with Crippen LogP contribution in [-0.4, -0.2) is 128 Å². The summed E-state index contributed by atoms with van der Waals surface area (Å²) in [6.07, 6.45) is -2.04. The summed E-state index contributed by atoms with van der Waals surface area (Å²) in [7, 11) is 0. The number of hydrogen-bond donors (Lipinski definition) is 3. The van der Waals surface area contributed by atoms with E-state index in [4.69, 9.17) is 14.2 Å². The average molecular weight is 1130 g/mol. The largest absolute Gasteiger partial charge is 0.464 e. The van der Waals surface area contributed by atoms with Crippen LogP contribution in [-0.2, 0) is 54.7 Å². The molecule has 0 atom stereocenters. The number of piperazine rings is 2. The average Bonchev–Trinajstić information content (AvgIpc) is 1.65. The molecule has 2 fully saturated rings. The van der Waals surface area contributed by atoms with E-state index in [1.807, 2.05) is 111 Å². The second-order valence-electron chi connectivity index (χ2n) is 28.8. The molecular weight excluding hydrogens is 1040 g/mol. The van der Waals surface area contributed by atoms with Crippen LogP contribution < -0.4 is 9.80 Å². The Balaban J connectivity index is 0.000000236. The van der Waals surface area contributed by atoms with E-state index in [1.165, 1.54) is 4.90 Å². The van der Waals surface area contributed by atoms with Crippen molar-refractivity contribution >= 4 is 47.1 Å². The van der Waals surface area contributed by atoms with Crippen LogP contribution in [0.2, 0.25) is 0 Å². The topological polar surface area (TPSA) is 176 Å². The van der Waals surface area contributed by atoms with Crippen LogP contribution in [0.5, 0.6) is 0 Å². The van der Waals surface area contributed by atoms with Crippen molar-refractivity contribution in [1.29, 1.82) is 0 Å². The molecule has 4 aromatic rings. The molecule has 4 aromatic carbocycles. The molecular formula is C66H94N6O10. The van der Waals surface area contributed by atoms with Gasteiger partial charge in [0.2, 0.25) is 0 Å². The summed E-state index contributed by atoms with van der Waals surface area (Å²) in [6, 6.07) is 21.8. The van der Waals surface area contributed by atoms with Gasteiger partial charge >= 0.3 is 24.4 Å². The Hall–Kier alpha value is -6.20. The van der Waals surface area contributed by atoms with E-state index in [9.17, 15) is 34.5 Å². The van der Waals surface area contributed by atoms with Crippen LogP contribution in [0.4, 0.5) is 41.9 Å². The molecule has 0 radical (unpaired) electrons. The van der Waals surface area contributed by atoms with E-state index in [2.05, 4.69) is 76.5 Å². The minimum Gasteiger partial charge on any atom is -0.464 e. The summed E-state index contributed by atoms with van der Waals surface area (Å²) >= 11 is 0. The highest BCUT2D eigenvalue weighted by Crippen LogP contribution is 2.54. The van der Waals surface area contributed by atoms with Gasteiger partial charge in [-0.1, -0.05) is 90.9 Å². The smallest absolute Gasteiger partial charge is 0.419 e. The van der Waals surface area contributed by atoms with Gasteiger partial charge < -0.3 is 39.3 Å². The fourth-order valence-corrected chi connectivity index (χ4v) is 11.6. The number of hydrogen-bond acceptors (Lipinski definition) is 11. The number of carbonyl (C=O) groups excluding carboxylic acids is 3. The highest BCUT2D eigenvalue weighted by Gasteiger charge is 2.45. The third-order valence-corrected chi connectivity index (χ3v) is 15.7. The lowest BCUT2D eigenvalue weighted by molar-refractivity contribution is 0.0129. The summed E-state index contributed by atoms with van der Waals surface area (Å²) in [4.78, 5) is 62.8. The van der Waals surface area contributed by atoms with Crippen LogP contribution >= 0.6 is 0 Å². The van der Waals surface area contributed by atoms with Crippen LogP contribution in [0.1, 0.15) is 189 Å². The maximum absolute atomic E-state index is 13.7. The molecule has 0 bridgehead atoms. The van der Waals surface area contributed by atoms with Crippen molar-refractivity contribution in [1.82, 2.24) is 19.6 Å². The number of aliphatic hydroxyl groups is 2. The van der Waals surface area contributed by atoms with Crippen molar-refractivity contribution in [2.75, 3.05) is 62.2 Å². The number of carbonyl (C=O) groups is 4. The lowest BCUT2D eigenvalue weighted by atomic mass is 9.66. The van der Waals surface area contributed by atoms with E-state index in [1.54, 1.807) is 42.4 Å². The van der Waals surface area contributed by atoms with Crippen LogP contribution in [0, 0.1) is 0 Å². The van der Waals surface area contributed by atoms with Crippen molar-refractivity contribution in [2.45, 2.75) is 196 Å². The van der Waals surface area contributed by atoms with Crippen LogP contribution in [0.25, 0.3) is 0 Å². The highest BCUT2D eigenvalue weighted by molar-refractivity contribution is 6.01. The molecule has 8 rings (SSSR count). The molecule has 0 aromatic heterocycles. The van der Waals surface area contributed by atoms with Crippen molar-refractivity contribution in [2.24, 2.45) is 0 Å². The zero-order valence-electron chi connectivity index (χ0n) is 52.8. The first-order chi connectivity index (χ1) is 37.5. The normalized spacial score (nSPS) is 17.6. The predicted molar refractivity (Wildman–Crippen MR) is 324 cm³/mol. The molecule has 16 heteroatoms. The lowest BCUT2D eigenvalue weighted by Gasteiger charge is -2.44. The Kier molecular flexibility index (Phi) is 17.3. The number of carboxylic acid groups (broad SMARTS) is 1. The fourth-order valence-electron chi connectivity index (χ4n) is 11.6. The predicted octanol–water partition coefficient (Wildman–Crippen LogP) is 13.4. The van der Waals surface area contributed by atoms with E-state index in [0.717, 1.165) is 88.6 Å². The second kappa shape index (κ2) is 22.4. The molecule has 4 heterocycles. The van der Waals surface area contributed by atoms with E-state index in [0.29, 0.717) is 49.7 Å². The number of benzene rings is 4. The number of rotatable bonds is 6. The molecule has 3 N–H and O–H groups in total. The maximum Gasteiger partial charge on any atom is 0.419 e. The Morgan fingerprint density at radius 3 is 1.30 bits per heavy atom. The monoisotopic (exact) mass is 1130 g/mol. The number of fused-ring (bicyclic) bond motifs is 4. The van der Waals surface area contributed by atoms with Gasteiger partial charge in [-0.05, 0) is 170 Å². The minimum atomic E-state index is -1.10. The molecule has 4 aliphatic rings. The molecule has 0 unspecified atom stereocenters. The minimum absolute atomic E-state index is 0.259. The van der Waals surface area contributed by atoms with Crippen molar-refractivity contribution < 1.29 is 48.7 Å². The van der Waals surface area contributed by atoms with Crippen LogP contribution in [0.3, 0.4) is 0 Å². The fraction of sp³-hybridized carbons (Fsp3) is 0.576. The van der Waals surface area contributed by atoms with E-state index >= 15 is 0 Å². The second-order valence-corrected chi connectivity index (χ2v) is 28.8. The number of anilines is 4. The molecule has 448 valence electrons. The van der Waals surface area contributed by atoms with E-state index < -0.39 is 51.0 Å². The molecule has 0 saturated carbocycles. The zero-order chi connectivity index (χ0) is 61.2. The third-order valence-electron chi connectivity index (χ3n) is 15.7. The first kappa shape index (κ1) is 63.4. The molecule has 16 nitrogen and oxygen atoms in total. The Morgan fingerprint density at radius 2 is 0.878 bits per heavy atom. The van der Waals surface area contributed by atoms with Gasteiger partial charge in [0.05, 0.1) is 34.0 Å². The Morgan fingerprint density at radius 1 is 0.463 bits per heavy atom. The van der Waals surface area contributed by atoms with Gasteiger partial charge in [0, 0.05) is 76.3 Å².